The largest absolute Gasteiger partial charge is 0.465 e. The van der Waals surface area contributed by atoms with E-state index in [4.69, 9.17) is 0 Å². The minimum atomic E-state index is -5.40. The second-order valence-electron chi connectivity index (χ2n) is 3.81. The van der Waals surface area contributed by atoms with Crippen molar-refractivity contribution in [3.63, 3.8) is 0 Å². The van der Waals surface area contributed by atoms with Gasteiger partial charge in [-0.2, -0.15) is 26.3 Å². The van der Waals surface area contributed by atoms with Gasteiger partial charge in [-0.3, -0.25) is 4.79 Å². The molecule has 0 radical (unpaired) electrons. The number of esters is 2. The first kappa shape index (κ1) is 17.7. The number of pyridine rings is 1. The Morgan fingerprint density at radius 1 is 1.09 bits per heavy atom. The van der Waals surface area contributed by atoms with Crippen molar-refractivity contribution in [3.05, 3.63) is 23.0 Å². The van der Waals surface area contributed by atoms with Crippen molar-refractivity contribution >= 4 is 11.9 Å². The lowest BCUT2D eigenvalue weighted by molar-refractivity contribution is -0.151. The van der Waals surface area contributed by atoms with Crippen LogP contribution >= 0.6 is 0 Å². The number of hydrogen-bond donors (Lipinski definition) is 0. The van der Waals surface area contributed by atoms with Gasteiger partial charge in [-0.25, -0.2) is 9.78 Å². The van der Waals surface area contributed by atoms with Crippen molar-refractivity contribution in [2.45, 2.75) is 19.3 Å². The van der Waals surface area contributed by atoms with Crippen LogP contribution < -0.4 is 4.74 Å². The number of alkyl halides is 6. The standard InChI is InChI=1S/C11H7F6NO4/c1-4(19)22-5-3-6(10(12,13)14)18-8(11(15,16)17)7(5)9(20)21-2/h3H,1-2H3. The molecule has 0 N–H and O–H groups in total. The molecule has 0 atom stereocenters. The maximum atomic E-state index is 12.9. The molecule has 0 fully saturated rings. The van der Waals surface area contributed by atoms with E-state index < -0.39 is 47.0 Å². The normalized spacial score (nSPS) is 12.0. The molecule has 22 heavy (non-hydrogen) atoms. The fourth-order valence-electron chi connectivity index (χ4n) is 1.41. The Bertz CT molecular complexity index is 608. The molecular formula is C11H7F6NO4. The zero-order chi connectivity index (χ0) is 17.3. The van der Waals surface area contributed by atoms with Crippen LogP contribution in [0.3, 0.4) is 0 Å². The molecule has 0 saturated carbocycles. The summed E-state index contributed by atoms with van der Waals surface area (Å²) in [7, 11) is 0.706. The Hall–Kier alpha value is -2.33. The molecule has 0 bridgehead atoms. The fourth-order valence-corrected chi connectivity index (χ4v) is 1.41. The third-order valence-electron chi connectivity index (χ3n) is 2.19. The van der Waals surface area contributed by atoms with Crippen LogP contribution in [-0.4, -0.2) is 24.0 Å². The van der Waals surface area contributed by atoms with Gasteiger partial charge in [-0.1, -0.05) is 0 Å². The molecule has 11 heteroatoms. The Kier molecular flexibility index (Phi) is 4.68. The fraction of sp³-hybridized carbons (Fsp3) is 0.364. The third kappa shape index (κ3) is 3.86. The minimum Gasteiger partial charge on any atom is -0.465 e. The molecule has 0 saturated heterocycles. The lowest BCUT2D eigenvalue weighted by Gasteiger charge is -2.16. The van der Waals surface area contributed by atoms with E-state index in [1.807, 2.05) is 0 Å². The van der Waals surface area contributed by atoms with Gasteiger partial charge in [0.25, 0.3) is 0 Å². The summed E-state index contributed by atoms with van der Waals surface area (Å²) >= 11 is 0. The Morgan fingerprint density at radius 3 is 2.00 bits per heavy atom. The van der Waals surface area contributed by atoms with Crippen LogP contribution in [0, 0.1) is 0 Å². The molecule has 122 valence electrons. The number of methoxy groups -OCH3 is 1. The number of rotatable bonds is 2. The van der Waals surface area contributed by atoms with Gasteiger partial charge in [0.05, 0.1) is 7.11 Å². The summed E-state index contributed by atoms with van der Waals surface area (Å²) in [4.78, 5) is 24.7. The van der Waals surface area contributed by atoms with Crippen LogP contribution in [0.5, 0.6) is 5.75 Å². The number of ether oxygens (including phenoxy) is 2. The zero-order valence-electron chi connectivity index (χ0n) is 10.9. The minimum absolute atomic E-state index is 0.0168. The van der Waals surface area contributed by atoms with E-state index >= 15 is 0 Å². The lowest BCUT2D eigenvalue weighted by Crippen LogP contribution is -2.22. The van der Waals surface area contributed by atoms with E-state index in [9.17, 15) is 35.9 Å². The molecule has 0 aromatic carbocycles. The predicted molar refractivity (Wildman–Crippen MR) is 56.9 cm³/mol. The second-order valence-corrected chi connectivity index (χ2v) is 3.81. The van der Waals surface area contributed by atoms with Crippen molar-refractivity contribution < 1.29 is 45.4 Å². The van der Waals surface area contributed by atoms with Gasteiger partial charge < -0.3 is 9.47 Å². The molecule has 0 aliphatic rings. The summed E-state index contributed by atoms with van der Waals surface area (Å²) in [5, 5.41) is 0. The number of nitrogens with zero attached hydrogens (tertiary/aromatic N) is 1. The van der Waals surface area contributed by atoms with E-state index in [0.717, 1.165) is 6.92 Å². The molecule has 0 aliphatic carbocycles. The van der Waals surface area contributed by atoms with Gasteiger partial charge in [0.2, 0.25) is 0 Å². The van der Waals surface area contributed by atoms with Gasteiger partial charge in [0.15, 0.2) is 5.69 Å². The van der Waals surface area contributed by atoms with E-state index in [-0.39, 0.29) is 6.07 Å². The van der Waals surface area contributed by atoms with Crippen LogP contribution in [-0.2, 0) is 21.9 Å². The Balaban J connectivity index is 3.76. The summed E-state index contributed by atoms with van der Waals surface area (Å²) in [5.74, 6) is -4.11. The van der Waals surface area contributed by atoms with Crippen LogP contribution in [0.4, 0.5) is 26.3 Å². The zero-order valence-corrected chi connectivity index (χ0v) is 10.9. The summed E-state index contributed by atoms with van der Waals surface area (Å²) < 4.78 is 84.7. The van der Waals surface area contributed by atoms with E-state index in [0.29, 0.717) is 7.11 Å². The number of halogens is 6. The molecule has 0 amide bonds. The van der Waals surface area contributed by atoms with Gasteiger partial charge >= 0.3 is 24.3 Å². The SMILES string of the molecule is COC(=O)c1c(OC(C)=O)cc(C(F)(F)F)nc1C(F)(F)F. The average Bonchev–Trinajstić information content (AvgIpc) is 2.34. The predicted octanol–water partition coefficient (Wildman–Crippen LogP) is 2.83. The smallest absolute Gasteiger partial charge is 0.434 e. The van der Waals surface area contributed by atoms with Crippen LogP contribution in [0.15, 0.2) is 6.07 Å². The summed E-state index contributed by atoms with van der Waals surface area (Å²) in [6.45, 7) is 0.738. The first-order valence-electron chi connectivity index (χ1n) is 5.34. The quantitative estimate of drug-likeness (QED) is 0.616. The highest BCUT2D eigenvalue weighted by Gasteiger charge is 2.44. The highest BCUT2D eigenvalue weighted by molar-refractivity contribution is 5.94. The molecule has 1 heterocycles. The summed E-state index contributed by atoms with van der Waals surface area (Å²) in [6.07, 6.45) is -10.6. The van der Waals surface area contributed by atoms with E-state index in [2.05, 4.69) is 14.5 Å². The highest BCUT2D eigenvalue weighted by Crippen LogP contribution is 2.39. The molecule has 1 aromatic rings. The molecular weight excluding hydrogens is 324 g/mol. The monoisotopic (exact) mass is 331 g/mol. The van der Waals surface area contributed by atoms with Crippen molar-refractivity contribution in [1.82, 2.24) is 4.98 Å². The van der Waals surface area contributed by atoms with Crippen molar-refractivity contribution in [1.29, 1.82) is 0 Å². The average molecular weight is 331 g/mol. The van der Waals surface area contributed by atoms with Crippen molar-refractivity contribution in [2.75, 3.05) is 7.11 Å². The molecule has 0 aliphatic heterocycles. The van der Waals surface area contributed by atoms with Crippen LogP contribution in [0.1, 0.15) is 28.7 Å². The maximum Gasteiger partial charge on any atom is 0.434 e. The van der Waals surface area contributed by atoms with Crippen LogP contribution in [0.2, 0.25) is 0 Å². The molecule has 5 nitrogen and oxygen atoms in total. The van der Waals surface area contributed by atoms with Gasteiger partial charge in [0.1, 0.15) is 17.0 Å². The van der Waals surface area contributed by atoms with Gasteiger partial charge in [-0.15, -0.1) is 0 Å². The third-order valence-corrected chi connectivity index (χ3v) is 2.19. The number of carbonyl (C=O) groups is 2. The molecule has 0 unspecified atom stereocenters. The molecule has 1 aromatic heterocycles. The van der Waals surface area contributed by atoms with Crippen molar-refractivity contribution in [3.8, 4) is 5.75 Å². The van der Waals surface area contributed by atoms with E-state index in [1.54, 1.807) is 0 Å². The maximum absolute atomic E-state index is 12.9. The van der Waals surface area contributed by atoms with E-state index in [1.165, 1.54) is 0 Å². The summed E-state index contributed by atoms with van der Waals surface area (Å²) in [5.41, 5.74) is -5.55. The van der Waals surface area contributed by atoms with Gasteiger partial charge in [-0.05, 0) is 0 Å². The topological polar surface area (TPSA) is 65.5 Å². The first-order chi connectivity index (χ1) is 9.87. The van der Waals surface area contributed by atoms with Crippen molar-refractivity contribution in [2.24, 2.45) is 0 Å². The Labute approximate surface area is 118 Å². The highest BCUT2D eigenvalue weighted by atomic mass is 19.4. The number of aromatic nitrogens is 1. The molecule has 1 rings (SSSR count). The Morgan fingerprint density at radius 2 is 1.64 bits per heavy atom. The van der Waals surface area contributed by atoms with Gasteiger partial charge in [0, 0.05) is 13.0 Å². The summed E-state index contributed by atoms with van der Waals surface area (Å²) in [6, 6.07) is 0.0168. The number of carbonyl (C=O) groups excluding carboxylic acids is 2. The number of hydrogen-bond acceptors (Lipinski definition) is 5. The second kappa shape index (κ2) is 5.81. The first-order valence-corrected chi connectivity index (χ1v) is 5.34. The van der Waals surface area contributed by atoms with Crippen LogP contribution in [0.25, 0.3) is 0 Å². The lowest BCUT2D eigenvalue weighted by atomic mass is 10.1. The molecule has 0 spiro atoms.